The number of ether oxygens (including phenoxy) is 2. The first-order valence-corrected chi connectivity index (χ1v) is 4.25. The minimum atomic E-state index is -0.733. The molecule has 0 aliphatic carbocycles. The van der Waals surface area contributed by atoms with Gasteiger partial charge in [-0.3, -0.25) is 0 Å². The second kappa shape index (κ2) is 4.18. The zero-order valence-corrected chi connectivity index (χ0v) is 7.32. The third-order valence-electron chi connectivity index (χ3n) is 1.91. The summed E-state index contributed by atoms with van der Waals surface area (Å²) >= 11 is 0. The van der Waals surface area contributed by atoms with Crippen LogP contribution in [-0.2, 0) is 9.47 Å². The lowest BCUT2D eigenvalue weighted by Gasteiger charge is -2.27. The highest BCUT2D eigenvalue weighted by molar-refractivity contribution is 4.76. The molecule has 0 spiro atoms. The molecule has 1 saturated heterocycles. The van der Waals surface area contributed by atoms with Crippen molar-refractivity contribution in [2.75, 3.05) is 19.8 Å². The van der Waals surface area contributed by atoms with Gasteiger partial charge in [0.15, 0.2) is 5.79 Å². The summed E-state index contributed by atoms with van der Waals surface area (Å²) in [5.41, 5.74) is 0. The van der Waals surface area contributed by atoms with Crippen molar-refractivity contribution in [1.82, 2.24) is 0 Å². The molecular formula is C8H16O4. The van der Waals surface area contributed by atoms with Crippen molar-refractivity contribution in [1.29, 1.82) is 0 Å². The highest BCUT2D eigenvalue weighted by atomic mass is 16.7. The van der Waals surface area contributed by atoms with Gasteiger partial charge in [0.05, 0.1) is 19.3 Å². The number of aliphatic hydroxyl groups excluding tert-OH is 2. The molecule has 0 radical (unpaired) electrons. The van der Waals surface area contributed by atoms with Gasteiger partial charge in [-0.25, -0.2) is 0 Å². The maximum Gasteiger partial charge on any atom is 0.173 e. The predicted molar refractivity (Wildman–Crippen MR) is 42.6 cm³/mol. The van der Waals surface area contributed by atoms with Crippen LogP contribution in [0.5, 0.6) is 0 Å². The summed E-state index contributed by atoms with van der Waals surface area (Å²) in [5.74, 6) is -0.733. The molecule has 2 N–H and O–H groups in total. The van der Waals surface area contributed by atoms with Crippen molar-refractivity contribution < 1.29 is 19.7 Å². The first-order valence-electron chi connectivity index (χ1n) is 4.25. The third-order valence-corrected chi connectivity index (χ3v) is 1.91. The summed E-state index contributed by atoms with van der Waals surface area (Å²) in [4.78, 5) is 0. The SMILES string of the molecule is CC(O)CC1(CCO)OCCO1. The van der Waals surface area contributed by atoms with Crippen LogP contribution in [0.1, 0.15) is 19.8 Å². The summed E-state index contributed by atoms with van der Waals surface area (Å²) in [5, 5.41) is 17.9. The van der Waals surface area contributed by atoms with Gasteiger partial charge in [0.25, 0.3) is 0 Å². The number of hydrogen-bond donors (Lipinski definition) is 2. The molecule has 0 aromatic carbocycles. The van der Waals surface area contributed by atoms with Crippen molar-refractivity contribution >= 4 is 0 Å². The Kier molecular flexibility index (Phi) is 3.46. The molecule has 1 aliphatic heterocycles. The van der Waals surface area contributed by atoms with Crippen LogP contribution in [0, 0.1) is 0 Å². The van der Waals surface area contributed by atoms with Gasteiger partial charge in [0.1, 0.15) is 0 Å². The van der Waals surface area contributed by atoms with Gasteiger partial charge in [-0.05, 0) is 6.92 Å². The molecule has 0 aromatic rings. The Labute approximate surface area is 72.1 Å². The Bertz CT molecular complexity index is 129. The molecule has 1 aliphatic rings. The molecule has 0 amide bonds. The van der Waals surface area contributed by atoms with E-state index in [4.69, 9.17) is 19.7 Å². The van der Waals surface area contributed by atoms with E-state index in [0.717, 1.165) is 0 Å². The minimum Gasteiger partial charge on any atom is -0.396 e. The molecule has 12 heavy (non-hydrogen) atoms. The number of aliphatic hydroxyl groups is 2. The van der Waals surface area contributed by atoms with E-state index in [1.54, 1.807) is 6.92 Å². The van der Waals surface area contributed by atoms with Crippen molar-refractivity contribution in [3.63, 3.8) is 0 Å². The zero-order chi connectivity index (χ0) is 9.03. The molecule has 4 heteroatoms. The quantitative estimate of drug-likeness (QED) is 0.627. The Balaban J connectivity index is 2.46. The Morgan fingerprint density at radius 2 is 2.00 bits per heavy atom. The van der Waals surface area contributed by atoms with Gasteiger partial charge in [0.2, 0.25) is 0 Å². The van der Waals surface area contributed by atoms with Gasteiger partial charge in [-0.2, -0.15) is 0 Å². The monoisotopic (exact) mass is 176 g/mol. The van der Waals surface area contributed by atoms with Gasteiger partial charge in [0, 0.05) is 19.4 Å². The van der Waals surface area contributed by atoms with Gasteiger partial charge in [-0.1, -0.05) is 0 Å². The van der Waals surface area contributed by atoms with E-state index in [1.165, 1.54) is 0 Å². The van der Waals surface area contributed by atoms with Crippen LogP contribution in [0.15, 0.2) is 0 Å². The summed E-state index contributed by atoms with van der Waals surface area (Å²) in [6.07, 6.45) is 0.389. The van der Waals surface area contributed by atoms with Gasteiger partial charge in [-0.15, -0.1) is 0 Å². The molecule has 0 bridgehead atoms. The molecule has 1 unspecified atom stereocenters. The van der Waals surface area contributed by atoms with E-state index >= 15 is 0 Å². The van der Waals surface area contributed by atoms with E-state index < -0.39 is 11.9 Å². The first-order chi connectivity index (χ1) is 5.68. The van der Waals surface area contributed by atoms with Crippen molar-refractivity contribution in [3.05, 3.63) is 0 Å². The Hall–Kier alpha value is -0.160. The minimum absolute atomic E-state index is 0.0206. The number of hydrogen-bond acceptors (Lipinski definition) is 4. The standard InChI is InChI=1S/C8H16O4/c1-7(10)6-8(2-3-9)11-4-5-12-8/h7,9-10H,2-6H2,1H3. The molecule has 1 atom stereocenters. The Morgan fingerprint density at radius 3 is 2.42 bits per heavy atom. The highest BCUT2D eigenvalue weighted by Crippen LogP contribution is 2.28. The average Bonchev–Trinajstić information content (AvgIpc) is 2.36. The van der Waals surface area contributed by atoms with Crippen molar-refractivity contribution in [2.45, 2.75) is 31.7 Å². The zero-order valence-electron chi connectivity index (χ0n) is 7.32. The fourth-order valence-electron chi connectivity index (χ4n) is 1.48. The summed E-state index contributed by atoms with van der Waals surface area (Å²) in [6.45, 7) is 2.80. The molecule has 72 valence electrons. The van der Waals surface area contributed by atoms with Crippen LogP contribution in [0.3, 0.4) is 0 Å². The number of rotatable bonds is 4. The van der Waals surface area contributed by atoms with Gasteiger partial charge < -0.3 is 19.7 Å². The molecule has 4 nitrogen and oxygen atoms in total. The summed E-state index contributed by atoms with van der Waals surface area (Å²) in [6, 6.07) is 0. The highest BCUT2D eigenvalue weighted by Gasteiger charge is 2.36. The molecule has 0 aromatic heterocycles. The average molecular weight is 176 g/mol. The fraction of sp³-hybridized carbons (Fsp3) is 1.00. The van der Waals surface area contributed by atoms with E-state index in [-0.39, 0.29) is 6.61 Å². The van der Waals surface area contributed by atoms with Crippen LogP contribution in [0.2, 0.25) is 0 Å². The van der Waals surface area contributed by atoms with E-state index in [0.29, 0.717) is 26.1 Å². The largest absolute Gasteiger partial charge is 0.396 e. The predicted octanol–water partition coefficient (Wildman–Crippen LogP) is -0.117. The van der Waals surface area contributed by atoms with E-state index in [2.05, 4.69) is 0 Å². The molecule has 1 rings (SSSR count). The van der Waals surface area contributed by atoms with Crippen LogP contribution >= 0.6 is 0 Å². The molecule has 1 heterocycles. The first kappa shape index (κ1) is 9.92. The Morgan fingerprint density at radius 1 is 1.42 bits per heavy atom. The second-order valence-corrected chi connectivity index (χ2v) is 3.13. The third kappa shape index (κ3) is 2.42. The van der Waals surface area contributed by atoms with Crippen molar-refractivity contribution in [3.8, 4) is 0 Å². The molecule has 0 saturated carbocycles. The lowest BCUT2D eigenvalue weighted by atomic mass is 10.1. The maximum absolute atomic E-state index is 9.16. The molecular weight excluding hydrogens is 160 g/mol. The lowest BCUT2D eigenvalue weighted by molar-refractivity contribution is -0.184. The summed E-state index contributed by atoms with van der Waals surface area (Å²) < 4.78 is 10.7. The molecule has 1 fully saturated rings. The second-order valence-electron chi connectivity index (χ2n) is 3.13. The van der Waals surface area contributed by atoms with Crippen LogP contribution < -0.4 is 0 Å². The van der Waals surface area contributed by atoms with Gasteiger partial charge >= 0.3 is 0 Å². The smallest absolute Gasteiger partial charge is 0.173 e. The van der Waals surface area contributed by atoms with Crippen LogP contribution in [0.25, 0.3) is 0 Å². The lowest BCUT2D eigenvalue weighted by Crippen LogP contribution is -2.34. The van der Waals surface area contributed by atoms with Crippen LogP contribution in [-0.4, -0.2) is 41.9 Å². The van der Waals surface area contributed by atoms with Crippen LogP contribution in [0.4, 0.5) is 0 Å². The van der Waals surface area contributed by atoms with Crippen molar-refractivity contribution in [2.24, 2.45) is 0 Å². The van der Waals surface area contributed by atoms with E-state index in [1.807, 2.05) is 0 Å². The fourth-order valence-corrected chi connectivity index (χ4v) is 1.48. The summed E-state index contributed by atoms with van der Waals surface area (Å²) in [7, 11) is 0. The maximum atomic E-state index is 9.16. The normalized spacial score (nSPS) is 24.2. The topological polar surface area (TPSA) is 58.9 Å². The van der Waals surface area contributed by atoms with E-state index in [9.17, 15) is 0 Å².